The maximum absolute atomic E-state index is 12.6. The van der Waals surface area contributed by atoms with Gasteiger partial charge in [-0.1, -0.05) is 12.1 Å². The number of rotatable bonds is 9. The summed E-state index contributed by atoms with van der Waals surface area (Å²) in [4.78, 5) is 59.2. The first-order valence-corrected chi connectivity index (χ1v) is 10.9. The summed E-state index contributed by atoms with van der Waals surface area (Å²) < 4.78 is 0. The number of nitrogens with one attached hydrogen (secondary N) is 2. The fourth-order valence-corrected chi connectivity index (χ4v) is 3.75. The Bertz CT molecular complexity index is 1340. The van der Waals surface area contributed by atoms with Gasteiger partial charge in [0.15, 0.2) is 0 Å². The molecule has 2 amide bonds. The number of anilines is 2. The summed E-state index contributed by atoms with van der Waals surface area (Å²) in [6, 6.07) is 15.5. The number of aromatic carboxylic acids is 3. The van der Waals surface area contributed by atoms with Crippen molar-refractivity contribution in [1.29, 1.82) is 0 Å². The van der Waals surface area contributed by atoms with Crippen molar-refractivity contribution in [2.45, 2.75) is 4.90 Å². The van der Waals surface area contributed by atoms with E-state index in [0.717, 1.165) is 18.2 Å². The Morgan fingerprint density at radius 2 is 1.29 bits per heavy atom. The number of hydrogen-bond donors (Lipinski definition) is 5. The lowest BCUT2D eigenvalue weighted by Crippen LogP contribution is -2.17. The molecule has 0 unspecified atom stereocenters. The Balaban J connectivity index is 1.65. The van der Waals surface area contributed by atoms with Crippen LogP contribution in [0.5, 0.6) is 0 Å². The zero-order valence-corrected chi connectivity index (χ0v) is 18.7. The number of benzene rings is 3. The largest absolute Gasteiger partial charge is 0.478 e. The summed E-state index contributed by atoms with van der Waals surface area (Å²) in [5, 5.41) is 32.6. The van der Waals surface area contributed by atoms with Crippen molar-refractivity contribution in [3.63, 3.8) is 0 Å². The van der Waals surface area contributed by atoms with E-state index in [2.05, 4.69) is 10.6 Å². The minimum Gasteiger partial charge on any atom is -0.478 e. The molecule has 0 heterocycles. The van der Waals surface area contributed by atoms with Crippen molar-refractivity contribution in [3.8, 4) is 0 Å². The Labute approximate surface area is 202 Å². The summed E-state index contributed by atoms with van der Waals surface area (Å²) in [5.74, 6) is -4.96. The van der Waals surface area contributed by atoms with Crippen molar-refractivity contribution in [3.05, 3.63) is 89.0 Å². The number of amides is 2. The van der Waals surface area contributed by atoms with Crippen LogP contribution in [-0.4, -0.2) is 50.8 Å². The van der Waals surface area contributed by atoms with Crippen LogP contribution in [0.2, 0.25) is 0 Å². The predicted molar refractivity (Wildman–Crippen MR) is 128 cm³/mol. The van der Waals surface area contributed by atoms with Gasteiger partial charge < -0.3 is 26.0 Å². The molecule has 3 rings (SSSR count). The lowest BCUT2D eigenvalue weighted by atomic mass is 10.0. The van der Waals surface area contributed by atoms with Gasteiger partial charge in [-0.05, 0) is 54.6 Å². The summed E-state index contributed by atoms with van der Waals surface area (Å²) >= 11 is 1.17. The number of carboxylic acid groups (broad SMARTS) is 3. The van der Waals surface area contributed by atoms with Crippen LogP contribution in [-0.2, 0) is 4.79 Å². The van der Waals surface area contributed by atoms with E-state index in [1.165, 1.54) is 30.0 Å². The number of carbonyl (C=O) groups excluding carboxylic acids is 2. The maximum atomic E-state index is 12.6. The molecule has 0 aliphatic heterocycles. The zero-order chi connectivity index (χ0) is 25.5. The third-order valence-corrected chi connectivity index (χ3v) is 5.59. The van der Waals surface area contributed by atoms with Gasteiger partial charge in [0, 0.05) is 16.3 Å². The normalized spacial score (nSPS) is 10.3. The number of carboxylic acids is 3. The Kier molecular flexibility index (Phi) is 7.85. The van der Waals surface area contributed by atoms with Crippen molar-refractivity contribution in [1.82, 2.24) is 0 Å². The highest BCUT2D eigenvalue weighted by atomic mass is 32.2. The lowest BCUT2D eigenvalue weighted by Gasteiger charge is -2.10. The second-order valence-corrected chi connectivity index (χ2v) is 8.12. The molecular weight excluding hydrogens is 476 g/mol. The molecule has 178 valence electrons. The number of carbonyl (C=O) groups is 5. The first-order chi connectivity index (χ1) is 16.6. The molecule has 3 aromatic carbocycles. The van der Waals surface area contributed by atoms with Crippen LogP contribution in [0, 0.1) is 0 Å². The van der Waals surface area contributed by atoms with Gasteiger partial charge in [-0.25, -0.2) is 14.4 Å². The van der Waals surface area contributed by atoms with E-state index < -0.39 is 29.4 Å². The predicted octanol–water partition coefficient (Wildman–Crippen LogP) is 3.76. The molecule has 0 bridgehead atoms. The summed E-state index contributed by atoms with van der Waals surface area (Å²) in [5.41, 5.74) is -0.180. The minimum atomic E-state index is -1.44. The van der Waals surface area contributed by atoms with Gasteiger partial charge in [0.05, 0.1) is 28.0 Å². The lowest BCUT2D eigenvalue weighted by molar-refractivity contribution is -0.113. The molecular formula is C24H18N2O8S. The zero-order valence-electron chi connectivity index (χ0n) is 17.8. The highest BCUT2D eigenvalue weighted by Gasteiger charge is 2.19. The van der Waals surface area contributed by atoms with Crippen LogP contribution < -0.4 is 10.6 Å². The van der Waals surface area contributed by atoms with Gasteiger partial charge in [0.25, 0.3) is 5.91 Å². The molecule has 11 heteroatoms. The standard InChI is InChI=1S/C24H18N2O8S/c27-20(25-15-4-1-3-13(9-15)22(29)30)12-35-17-6-2-5-16(11-17)26-21(28)18-8-7-14(23(31)32)10-19(18)24(33)34/h1-11H,12H2,(H,25,27)(H,26,28)(H,29,30)(H,31,32)(H,33,34). The molecule has 0 radical (unpaired) electrons. The molecule has 0 aliphatic carbocycles. The van der Waals surface area contributed by atoms with Crippen LogP contribution in [0.25, 0.3) is 0 Å². The Morgan fingerprint density at radius 3 is 1.94 bits per heavy atom. The average Bonchev–Trinajstić information content (AvgIpc) is 2.82. The van der Waals surface area contributed by atoms with Gasteiger partial charge in [0.1, 0.15) is 0 Å². The highest BCUT2D eigenvalue weighted by molar-refractivity contribution is 8.00. The van der Waals surface area contributed by atoms with E-state index in [1.54, 1.807) is 30.3 Å². The summed E-state index contributed by atoms with van der Waals surface area (Å²) in [7, 11) is 0. The second kappa shape index (κ2) is 11.0. The average molecular weight is 494 g/mol. The molecule has 0 saturated heterocycles. The van der Waals surface area contributed by atoms with Crippen molar-refractivity contribution in [2.75, 3.05) is 16.4 Å². The fraction of sp³-hybridized carbons (Fsp3) is 0.0417. The maximum Gasteiger partial charge on any atom is 0.336 e. The van der Waals surface area contributed by atoms with E-state index in [9.17, 15) is 29.1 Å². The molecule has 10 nitrogen and oxygen atoms in total. The number of hydrogen-bond acceptors (Lipinski definition) is 6. The molecule has 0 aromatic heterocycles. The van der Waals surface area contributed by atoms with E-state index in [0.29, 0.717) is 16.3 Å². The van der Waals surface area contributed by atoms with Crippen molar-refractivity contribution < 1.29 is 39.3 Å². The summed E-state index contributed by atoms with van der Waals surface area (Å²) in [6.07, 6.45) is 0. The number of thioether (sulfide) groups is 1. The molecule has 5 N–H and O–H groups in total. The SMILES string of the molecule is O=C(CSc1cccc(NC(=O)c2ccc(C(=O)O)cc2C(=O)O)c1)Nc1cccc(C(=O)O)c1. The topological polar surface area (TPSA) is 170 Å². The van der Waals surface area contributed by atoms with Crippen LogP contribution >= 0.6 is 11.8 Å². The van der Waals surface area contributed by atoms with Crippen molar-refractivity contribution >= 4 is 52.9 Å². The smallest absolute Gasteiger partial charge is 0.336 e. The van der Waals surface area contributed by atoms with E-state index >= 15 is 0 Å². The van der Waals surface area contributed by atoms with E-state index in [4.69, 9.17) is 10.2 Å². The monoisotopic (exact) mass is 494 g/mol. The van der Waals surface area contributed by atoms with Gasteiger partial charge in [0.2, 0.25) is 5.91 Å². The summed E-state index contributed by atoms with van der Waals surface area (Å²) in [6.45, 7) is 0. The molecule has 0 spiro atoms. The first-order valence-electron chi connectivity index (χ1n) is 9.92. The van der Waals surface area contributed by atoms with Gasteiger partial charge >= 0.3 is 17.9 Å². The van der Waals surface area contributed by atoms with Gasteiger partial charge in [-0.15, -0.1) is 11.8 Å². The second-order valence-electron chi connectivity index (χ2n) is 7.08. The molecule has 0 fully saturated rings. The first kappa shape index (κ1) is 25.0. The molecule has 3 aromatic rings. The molecule has 0 aliphatic rings. The van der Waals surface area contributed by atoms with Crippen LogP contribution in [0.15, 0.2) is 71.6 Å². The Morgan fingerprint density at radius 1 is 0.657 bits per heavy atom. The Hall–Kier alpha value is -4.64. The fourth-order valence-electron chi connectivity index (χ4n) is 2.99. The van der Waals surface area contributed by atoms with E-state index in [-0.39, 0.29) is 28.4 Å². The van der Waals surface area contributed by atoms with E-state index in [1.807, 2.05) is 0 Å². The third-order valence-electron chi connectivity index (χ3n) is 4.60. The van der Waals surface area contributed by atoms with Crippen LogP contribution in [0.3, 0.4) is 0 Å². The molecule has 35 heavy (non-hydrogen) atoms. The minimum absolute atomic E-state index is 0.00844. The quantitative estimate of drug-likeness (QED) is 0.278. The van der Waals surface area contributed by atoms with Crippen LogP contribution in [0.4, 0.5) is 11.4 Å². The van der Waals surface area contributed by atoms with Crippen molar-refractivity contribution in [2.24, 2.45) is 0 Å². The molecule has 0 saturated carbocycles. The van der Waals surface area contributed by atoms with Crippen LogP contribution in [0.1, 0.15) is 41.4 Å². The van der Waals surface area contributed by atoms with Gasteiger partial charge in [-0.2, -0.15) is 0 Å². The molecule has 0 atom stereocenters. The third kappa shape index (κ3) is 6.68. The van der Waals surface area contributed by atoms with Gasteiger partial charge in [-0.3, -0.25) is 9.59 Å². The highest BCUT2D eigenvalue weighted by Crippen LogP contribution is 2.23.